The molecule has 0 saturated heterocycles. The van der Waals surface area contributed by atoms with Crippen LogP contribution < -0.4 is 0 Å². The van der Waals surface area contributed by atoms with Gasteiger partial charge in [0.05, 0.1) is 11.8 Å². The Morgan fingerprint density at radius 1 is 0.656 bits per heavy atom. The van der Waals surface area contributed by atoms with Gasteiger partial charge in [0.1, 0.15) is 0 Å². The average molecular weight is 441 g/mol. The zero-order valence-electron chi connectivity index (χ0n) is 20.6. The number of unbranched alkanes of at least 4 members (excludes halogenated alkanes) is 18. The van der Waals surface area contributed by atoms with E-state index in [4.69, 9.17) is 5.26 Å². The van der Waals surface area contributed by atoms with Crippen molar-refractivity contribution in [2.24, 2.45) is 0 Å². The molecule has 1 aromatic rings. The molecule has 0 atom stereocenters. The van der Waals surface area contributed by atoms with Crippen molar-refractivity contribution >= 4 is 6.29 Å². The van der Waals surface area contributed by atoms with Gasteiger partial charge >= 0.3 is 0 Å². The van der Waals surface area contributed by atoms with E-state index in [1.807, 2.05) is 12.1 Å². The van der Waals surface area contributed by atoms with Crippen LogP contribution in [0.3, 0.4) is 0 Å². The number of nitrogens with zero attached hydrogens (tertiary/aromatic N) is 1. The van der Waals surface area contributed by atoms with E-state index >= 15 is 0 Å². The van der Waals surface area contributed by atoms with Crippen LogP contribution in [0.15, 0.2) is 24.3 Å². The van der Waals surface area contributed by atoms with Crippen molar-refractivity contribution < 1.29 is 4.79 Å². The summed E-state index contributed by atoms with van der Waals surface area (Å²) in [5, 5.41) is 8.50. The third kappa shape index (κ3) is 17.8. The van der Waals surface area contributed by atoms with E-state index in [-0.39, 0.29) is 0 Å². The molecular weight excluding hydrogens is 392 g/mol. The van der Waals surface area contributed by atoms with E-state index in [9.17, 15) is 4.79 Å². The third-order valence-electron chi connectivity index (χ3n) is 6.29. The first kappa shape index (κ1) is 28.2. The number of aromatic amines is 1. The zero-order chi connectivity index (χ0) is 23.0. The Balaban J connectivity index is 1.71. The molecule has 0 unspecified atom stereocenters. The molecule has 0 aromatic carbocycles. The van der Waals surface area contributed by atoms with Crippen molar-refractivity contribution in [1.82, 2.24) is 4.98 Å². The fraction of sp³-hybridized carbons (Fsp3) is 0.724. The number of hydrogen-bond donors (Lipinski definition) is 1. The Bertz CT molecular complexity index is 611. The minimum absolute atomic E-state index is 0.694. The topological polar surface area (TPSA) is 56.6 Å². The SMILES string of the molecule is N#CCCCCCC/C=C\CCCCCCCCCCCCCCCc1ccc(C=O)[nH]1. The second-order valence-electron chi connectivity index (χ2n) is 9.27. The fourth-order valence-corrected chi connectivity index (χ4v) is 4.25. The second kappa shape index (κ2) is 22.4. The molecule has 1 heterocycles. The van der Waals surface area contributed by atoms with Gasteiger partial charge in [-0.3, -0.25) is 4.79 Å². The molecule has 0 spiro atoms. The lowest BCUT2D eigenvalue weighted by atomic mass is 10.0. The summed E-state index contributed by atoms with van der Waals surface area (Å²) in [6, 6.07) is 6.11. The first-order valence-corrected chi connectivity index (χ1v) is 13.5. The van der Waals surface area contributed by atoms with E-state index in [0.717, 1.165) is 25.5 Å². The maximum absolute atomic E-state index is 10.7. The summed E-state index contributed by atoms with van der Waals surface area (Å²) in [6.45, 7) is 0. The van der Waals surface area contributed by atoms with Crippen LogP contribution in [0.2, 0.25) is 0 Å². The maximum Gasteiger partial charge on any atom is 0.166 e. The lowest BCUT2D eigenvalue weighted by molar-refractivity contribution is 0.111. The van der Waals surface area contributed by atoms with Crippen LogP contribution in [-0.4, -0.2) is 11.3 Å². The normalized spacial score (nSPS) is 11.2. The van der Waals surface area contributed by atoms with E-state index in [1.165, 1.54) is 121 Å². The van der Waals surface area contributed by atoms with Gasteiger partial charge in [-0.05, 0) is 57.1 Å². The molecule has 0 aliphatic carbocycles. The second-order valence-corrected chi connectivity index (χ2v) is 9.27. The molecule has 1 aromatic heterocycles. The monoisotopic (exact) mass is 440 g/mol. The molecule has 0 aliphatic heterocycles. The summed E-state index contributed by atoms with van der Waals surface area (Å²) in [5.41, 5.74) is 1.89. The lowest BCUT2D eigenvalue weighted by Crippen LogP contribution is -1.88. The number of aromatic nitrogens is 1. The van der Waals surface area contributed by atoms with Crippen LogP contribution in [0.25, 0.3) is 0 Å². The molecule has 0 amide bonds. The Labute approximate surface area is 198 Å². The number of allylic oxidation sites excluding steroid dienone is 2. The van der Waals surface area contributed by atoms with Crippen LogP contribution in [0.1, 0.15) is 145 Å². The van der Waals surface area contributed by atoms with Gasteiger partial charge in [0.2, 0.25) is 0 Å². The molecule has 3 heteroatoms. The van der Waals surface area contributed by atoms with Gasteiger partial charge in [-0.2, -0.15) is 5.26 Å². The van der Waals surface area contributed by atoms with Gasteiger partial charge in [-0.15, -0.1) is 0 Å². The number of aryl methyl sites for hydroxylation is 1. The number of carbonyl (C=O) groups excluding carboxylic acids is 1. The first-order chi connectivity index (χ1) is 15.9. The largest absolute Gasteiger partial charge is 0.356 e. The molecule has 0 fully saturated rings. The third-order valence-corrected chi connectivity index (χ3v) is 6.29. The Morgan fingerprint density at radius 3 is 1.59 bits per heavy atom. The van der Waals surface area contributed by atoms with E-state index in [2.05, 4.69) is 23.2 Å². The predicted molar refractivity (Wildman–Crippen MR) is 137 cm³/mol. The quantitative estimate of drug-likeness (QED) is 0.105. The summed E-state index contributed by atoms with van der Waals surface area (Å²) in [7, 11) is 0. The van der Waals surface area contributed by atoms with Crippen LogP contribution in [0, 0.1) is 11.3 Å². The zero-order valence-corrected chi connectivity index (χ0v) is 20.6. The van der Waals surface area contributed by atoms with Gasteiger partial charge in [0.15, 0.2) is 6.29 Å². The van der Waals surface area contributed by atoms with Crippen molar-refractivity contribution in [2.75, 3.05) is 0 Å². The minimum Gasteiger partial charge on any atom is -0.356 e. The highest BCUT2D eigenvalue weighted by Crippen LogP contribution is 2.14. The number of nitrogens with one attached hydrogen (secondary N) is 1. The number of rotatable bonds is 23. The molecular formula is C29H48N2O. The molecule has 0 radical (unpaired) electrons. The highest BCUT2D eigenvalue weighted by molar-refractivity contribution is 5.71. The summed E-state index contributed by atoms with van der Waals surface area (Å²) in [4.78, 5) is 13.8. The minimum atomic E-state index is 0.694. The van der Waals surface area contributed by atoms with E-state index in [0.29, 0.717) is 5.69 Å². The molecule has 0 saturated carbocycles. The van der Waals surface area contributed by atoms with Crippen molar-refractivity contribution in [2.45, 2.75) is 135 Å². The van der Waals surface area contributed by atoms with Crippen molar-refractivity contribution in [3.05, 3.63) is 35.7 Å². The first-order valence-electron chi connectivity index (χ1n) is 13.5. The number of nitriles is 1. The number of H-pyrrole nitrogens is 1. The van der Waals surface area contributed by atoms with E-state index in [1.54, 1.807) is 0 Å². The van der Waals surface area contributed by atoms with E-state index < -0.39 is 0 Å². The summed E-state index contributed by atoms with van der Waals surface area (Å²) in [6.07, 6.45) is 32.5. The Kier molecular flexibility index (Phi) is 19.7. The Morgan fingerprint density at radius 2 is 1.12 bits per heavy atom. The smallest absolute Gasteiger partial charge is 0.166 e. The van der Waals surface area contributed by atoms with Crippen LogP contribution >= 0.6 is 0 Å². The van der Waals surface area contributed by atoms with Gasteiger partial charge in [0.25, 0.3) is 0 Å². The maximum atomic E-state index is 10.7. The number of hydrogen-bond acceptors (Lipinski definition) is 2. The molecule has 32 heavy (non-hydrogen) atoms. The van der Waals surface area contributed by atoms with Crippen LogP contribution in [0.4, 0.5) is 0 Å². The molecule has 0 aliphatic rings. The molecule has 0 bridgehead atoms. The predicted octanol–water partition coefficient (Wildman–Crippen LogP) is 9.25. The summed E-state index contributed by atoms with van der Waals surface area (Å²) in [5.74, 6) is 0. The standard InChI is InChI=1S/C29H48N2O/c30-26-22-20-18-16-14-12-10-8-6-4-2-1-3-5-7-9-11-13-15-17-19-21-23-28-24-25-29(27-32)31-28/h8,10,24-25,27,31H,1-7,9,11-23H2/b10-8-. The van der Waals surface area contributed by atoms with Crippen LogP contribution in [-0.2, 0) is 6.42 Å². The van der Waals surface area contributed by atoms with Crippen molar-refractivity contribution in [1.29, 1.82) is 5.26 Å². The van der Waals surface area contributed by atoms with Gasteiger partial charge < -0.3 is 4.98 Å². The summed E-state index contributed by atoms with van der Waals surface area (Å²) >= 11 is 0. The highest BCUT2D eigenvalue weighted by atomic mass is 16.1. The molecule has 1 rings (SSSR count). The molecule has 3 nitrogen and oxygen atoms in total. The molecule has 180 valence electrons. The van der Waals surface area contributed by atoms with Crippen molar-refractivity contribution in [3.8, 4) is 6.07 Å². The van der Waals surface area contributed by atoms with Gasteiger partial charge in [0, 0.05) is 12.1 Å². The van der Waals surface area contributed by atoms with Crippen LogP contribution in [0.5, 0.6) is 0 Å². The summed E-state index contributed by atoms with van der Waals surface area (Å²) < 4.78 is 0. The molecule has 1 N–H and O–H groups in total. The van der Waals surface area contributed by atoms with Gasteiger partial charge in [-0.1, -0.05) is 95.6 Å². The van der Waals surface area contributed by atoms with Gasteiger partial charge in [-0.25, -0.2) is 0 Å². The number of aldehydes is 1. The Hall–Kier alpha value is -1.82. The fourth-order valence-electron chi connectivity index (χ4n) is 4.25. The lowest BCUT2D eigenvalue weighted by Gasteiger charge is -2.03. The highest BCUT2D eigenvalue weighted by Gasteiger charge is 1.98. The average Bonchev–Trinajstić information content (AvgIpc) is 3.27. The van der Waals surface area contributed by atoms with Crippen molar-refractivity contribution in [3.63, 3.8) is 0 Å². The number of carbonyl (C=O) groups is 1.